The topological polar surface area (TPSA) is 44.5 Å². The van der Waals surface area contributed by atoms with Gasteiger partial charge in [-0.1, -0.05) is 6.07 Å². The molecule has 0 radical (unpaired) electrons. The number of ether oxygens (including phenoxy) is 2. The maximum atomic E-state index is 13.0. The van der Waals surface area contributed by atoms with Crippen molar-refractivity contribution in [2.75, 3.05) is 6.79 Å². The van der Waals surface area contributed by atoms with Crippen LogP contribution >= 0.6 is 0 Å². The highest BCUT2D eigenvalue weighted by atomic mass is 19.3. The van der Waals surface area contributed by atoms with E-state index in [2.05, 4.69) is 0 Å². The molecule has 2 N–H and O–H groups in total. The fourth-order valence-corrected chi connectivity index (χ4v) is 1.79. The Balaban J connectivity index is 2.01. The Kier molecular flexibility index (Phi) is 1.43. The van der Waals surface area contributed by atoms with Gasteiger partial charge < -0.3 is 15.2 Å². The highest BCUT2D eigenvalue weighted by Crippen LogP contribution is 2.58. The summed E-state index contributed by atoms with van der Waals surface area (Å²) in [5, 5.41) is 0. The van der Waals surface area contributed by atoms with Crippen LogP contribution in [0.3, 0.4) is 0 Å². The molecule has 5 heteroatoms. The molecule has 1 heterocycles. The van der Waals surface area contributed by atoms with Crippen LogP contribution in [-0.2, 0) is 5.54 Å². The fraction of sp³-hybridized carbons (Fsp3) is 0.400. The highest BCUT2D eigenvalue weighted by molar-refractivity contribution is 5.49. The molecule has 80 valence electrons. The molecule has 1 atom stereocenters. The summed E-state index contributed by atoms with van der Waals surface area (Å²) in [6.45, 7) is 0.132. The summed E-state index contributed by atoms with van der Waals surface area (Å²) in [5.74, 6) is -1.74. The van der Waals surface area contributed by atoms with Crippen LogP contribution in [0.15, 0.2) is 18.2 Å². The van der Waals surface area contributed by atoms with Crippen LogP contribution in [-0.4, -0.2) is 12.7 Å². The second kappa shape index (κ2) is 2.41. The van der Waals surface area contributed by atoms with Gasteiger partial charge in [0.05, 0.1) is 0 Å². The van der Waals surface area contributed by atoms with Crippen LogP contribution in [0.4, 0.5) is 8.78 Å². The summed E-state index contributed by atoms with van der Waals surface area (Å²) >= 11 is 0. The van der Waals surface area contributed by atoms with E-state index in [0.717, 1.165) is 0 Å². The van der Waals surface area contributed by atoms with E-state index in [4.69, 9.17) is 15.2 Å². The van der Waals surface area contributed by atoms with Crippen molar-refractivity contribution < 1.29 is 18.3 Å². The van der Waals surface area contributed by atoms with Crippen molar-refractivity contribution in [2.45, 2.75) is 17.9 Å². The molecule has 1 aliphatic heterocycles. The first kappa shape index (κ1) is 8.91. The molecule has 0 bridgehead atoms. The van der Waals surface area contributed by atoms with Gasteiger partial charge in [-0.05, 0) is 17.7 Å². The van der Waals surface area contributed by atoms with Crippen molar-refractivity contribution >= 4 is 0 Å². The Labute approximate surface area is 84.8 Å². The maximum Gasteiger partial charge on any atom is 0.272 e. The Hall–Kier alpha value is -1.36. The molecular formula is C10H9F2NO2. The zero-order valence-electron chi connectivity index (χ0n) is 7.80. The van der Waals surface area contributed by atoms with E-state index in [1.54, 1.807) is 12.1 Å². The minimum absolute atomic E-state index is 0.132. The van der Waals surface area contributed by atoms with Crippen LogP contribution < -0.4 is 15.2 Å². The van der Waals surface area contributed by atoms with Gasteiger partial charge in [-0.2, -0.15) is 0 Å². The van der Waals surface area contributed by atoms with E-state index in [9.17, 15) is 8.78 Å². The first-order chi connectivity index (χ1) is 7.03. The van der Waals surface area contributed by atoms with Crippen molar-refractivity contribution in [3.8, 4) is 11.5 Å². The van der Waals surface area contributed by atoms with Crippen LogP contribution in [0.2, 0.25) is 0 Å². The molecule has 1 aromatic carbocycles. The first-order valence-corrected chi connectivity index (χ1v) is 4.60. The average molecular weight is 213 g/mol. The van der Waals surface area contributed by atoms with E-state index < -0.39 is 11.5 Å². The number of fused-ring (bicyclic) bond motifs is 1. The lowest BCUT2D eigenvalue weighted by Gasteiger charge is -2.10. The van der Waals surface area contributed by atoms with E-state index in [-0.39, 0.29) is 13.2 Å². The predicted molar refractivity (Wildman–Crippen MR) is 48.0 cm³/mol. The number of benzene rings is 1. The van der Waals surface area contributed by atoms with Gasteiger partial charge in [0.1, 0.15) is 5.54 Å². The molecule has 3 nitrogen and oxygen atoms in total. The third-order valence-corrected chi connectivity index (χ3v) is 2.92. The summed E-state index contributed by atoms with van der Waals surface area (Å²) in [6, 6.07) is 4.71. The second-order valence-electron chi connectivity index (χ2n) is 3.92. The van der Waals surface area contributed by atoms with Crippen LogP contribution in [0.25, 0.3) is 0 Å². The van der Waals surface area contributed by atoms with Crippen LogP contribution in [0, 0.1) is 0 Å². The summed E-state index contributed by atoms with van der Waals surface area (Å²) in [4.78, 5) is 0. The molecular weight excluding hydrogens is 204 g/mol. The molecule has 1 fully saturated rings. The summed E-state index contributed by atoms with van der Waals surface area (Å²) in [6.07, 6.45) is -0.306. The largest absolute Gasteiger partial charge is 0.454 e. The summed E-state index contributed by atoms with van der Waals surface area (Å²) < 4.78 is 36.2. The third kappa shape index (κ3) is 1.07. The van der Waals surface area contributed by atoms with Gasteiger partial charge in [-0.3, -0.25) is 0 Å². The van der Waals surface area contributed by atoms with Crippen molar-refractivity contribution in [3.63, 3.8) is 0 Å². The number of hydrogen-bond donors (Lipinski definition) is 1. The van der Waals surface area contributed by atoms with Crippen molar-refractivity contribution in [3.05, 3.63) is 23.8 Å². The van der Waals surface area contributed by atoms with Crippen LogP contribution in [0.1, 0.15) is 12.0 Å². The molecule has 1 unspecified atom stereocenters. The Morgan fingerprint density at radius 2 is 1.87 bits per heavy atom. The summed E-state index contributed by atoms with van der Waals surface area (Å²) in [7, 11) is 0. The first-order valence-electron chi connectivity index (χ1n) is 4.60. The number of hydrogen-bond acceptors (Lipinski definition) is 3. The molecule has 1 aliphatic carbocycles. The number of rotatable bonds is 1. The number of halogens is 2. The van der Waals surface area contributed by atoms with Gasteiger partial charge in [-0.25, -0.2) is 8.78 Å². The SMILES string of the molecule is NC1(c2ccc3c(c2)OCO3)CC1(F)F. The monoisotopic (exact) mass is 213 g/mol. The normalized spacial score (nSPS) is 30.3. The third-order valence-electron chi connectivity index (χ3n) is 2.92. The molecule has 0 saturated heterocycles. The van der Waals surface area contributed by atoms with E-state index in [1.807, 2.05) is 0 Å². The molecule has 3 rings (SSSR count). The average Bonchev–Trinajstić information content (AvgIpc) is 2.61. The van der Waals surface area contributed by atoms with Gasteiger partial charge in [-0.15, -0.1) is 0 Å². The Bertz CT molecular complexity index is 435. The zero-order chi connectivity index (χ0) is 10.7. The lowest BCUT2D eigenvalue weighted by Crippen LogP contribution is -2.26. The fourth-order valence-electron chi connectivity index (χ4n) is 1.79. The molecule has 15 heavy (non-hydrogen) atoms. The van der Waals surface area contributed by atoms with Crippen molar-refractivity contribution in [1.29, 1.82) is 0 Å². The minimum atomic E-state index is -2.80. The maximum absolute atomic E-state index is 13.0. The number of nitrogens with two attached hydrogens (primary N) is 1. The smallest absolute Gasteiger partial charge is 0.272 e. The minimum Gasteiger partial charge on any atom is -0.454 e. The lowest BCUT2D eigenvalue weighted by molar-refractivity contribution is 0.0891. The quantitative estimate of drug-likeness (QED) is 0.770. The Morgan fingerprint density at radius 1 is 1.20 bits per heavy atom. The van der Waals surface area contributed by atoms with Gasteiger partial charge >= 0.3 is 0 Å². The standard InChI is InChI=1S/C10H9F2NO2/c11-10(12)4-9(10,13)6-1-2-7-8(3-6)15-5-14-7/h1-3H,4-5,13H2. The molecule has 2 aliphatic rings. The molecule has 0 amide bonds. The van der Waals surface area contributed by atoms with E-state index in [1.165, 1.54) is 6.07 Å². The van der Waals surface area contributed by atoms with Crippen LogP contribution in [0.5, 0.6) is 11.5 Å². The molecule has 0 spiro atoms. The highest BCUT2D eigenvalue weighted by Gasteiger charge is 2.70. The molecule has 1 aromatic rings. The van der Waals surface area contributed by atoms with Gasteiger partial charge in [0.25, 0.3) is 5.92 Å². The zero-order valence-corrected chi connectivity index (χ0v) is 7.80. The van der Waals surface area contributed by atoms with Crippen molar-refractivity contribution in [1.82, 2.24) is 0 Å². The lowest BCUT2D eigenvalue weighted by atomic mass is 10.0. The van der Waals surface area contributed by atoms with E-state index >= 15 is 0 Å². The molecule has 0 aromatic heterocycles. The van der Waals surface area contributed by atoms with Crippen molar-refractivity contribution in [2.24, 2.45) is 5.73 Å². The van der Waals surface area contributed by atoms with Gasteiger partial charge in [0.15, 0.2) is 11.5 Å². The number of alkyl halides is 2. The Morgan fingerprint density at radius 3 is 2.53 bits per heavy atom. The van der Waals surface area contributed by atoms with Gasteiger partial charge in [0, 0.05) is 6.42 Å². The molecule has 1 saturated carbocycles. The predicted octanol–water partition coefficient (Wildman–Crippen LogP) is 1.61. The summed E-state index contributed by atoms with van der Waals surface area (Å²) in [5.41, 5.74) is 4.47. The second-order valence-corrected chi connectivity index (χ2v) is 3.92. The van der Waals surface area contributed by atoms with Gasteiger partial charge in [0.2, 0.25) is 6.79 Å². The van der Waals surface area contributed by atoms with E-state index in [0.29, 0.717) is 17.1 Å².